The Balaban J connectivity index is 1.68. The van der Waals surface area contributed by atoms with Gasteiger partial charge in [-0.05, 0) is 54.4 Å². The Morgan fingerprint density at radius 2 is 1.62 bits per heavy atom. The van der Waals surface area contributed by atoms with Crippen LogP contribution in [0.5, 0.6) is 11.5 Å². The molecular formula is C29H29N3O5. The molecule has 0 atom stereocenters. The number of hydrogen-bond donors (Lipinski definition) is 2. The number of ether oxygens (including phenoxy) is 2. The average Bonchev–Trinajstić information content (AvgIpc) is 3.35. The summed E-state index contributed by atoms with van der Waals surface area (Å²) in [6.45, 7) is 3.98. The van der Waals surface area contributed by atoms with Crippen LogP contribution in [0.15, 0.2) is 77.2 Å². The van der Waals surface area contributed by atoms with Crippen molar-refractivity contribution in [2.75, 3.05) is 24.9 Å². The van der Waals surface area contributed by atoms with E-state index in [2.05, 4.69) is 15.6 Å². The minimum Gasteiger partial charge on any atom is -0.497 e. The van der Waals surface area contributed by atoms with Crippen molar-refractivity contribution in [3.63, 3.8) is 0 Å². The number of methoxy groups -OCH3 is 2. The number of benzene rings is 3. The molecule has 0 aliphatic heterocycles. The lowest BCUT2D eigenvalue weighted by Crippen LogP contribution is -2.14. The van der Waals surface area contributed by atoms with Gasteiger partial charge >= 0.3 is 0 Å². The van der Waals surface area contributed by atoms with Gasteiger partial charge in [0.2, 0.25) is 11.8 Å². The second-order valence-electron chi connectivity index (χ2n) is 8.81. The minimum atomic E-state index is -0.471. The molecule has 4 rings (SSSR count). The Hall–Kier alpha value is -4.59. The van der Waals surface area contributed by atoms with E-state index >= 15 is 0 Å². The monoisotopic (exact) mass is 499 g/mol. The lowest BCUT2D eigenvalue weighted by atomic mass is 10.1. The van der Waals surface area contributed by atoms with Crippen molar-refractivity contribution in [3.8, 4) is 34.3 Å². The molecule has 0 unspecified atom stereocenters. The number of nitrogens with zero attached hydrogens (tertiary/aromatic N) is 1. The van der Waals surface area contributed by atoms with Gasteiger partial charge in [0.05, 0.1) is 19.9 Å². The molecule has 0 aliphatic rings. The second-order valence-corrected chi connectivity index (χ2v) is 8.81. The summed E-state index contributed by atoms with van der Waals surface area (Å²) in [5, 5.41) is 5.75. The quantitative estimate of drug-likeness (QED) is 0.282. The number of carbonyl (C=O) groups is 2. The van der Waals surface area contributed by atoms with E-state index in [0.29, 0.717) is 46.5 Å². The summed E-state index contributed by atoms with van der Waals surface area (Å²) in [6.07, 6.45) is 0.433. The number of anilines is 2. The Morgan fingerprint density at radius 1 is 0.892 bits per heavy atom. The number of hydrogen-bond acceptors (Lipinski definition) is 6. The molecule has 2 N–H and O–H groups in total. The van der Waals surface area contributed by atoms with Gasteiger partial charge in [-0.1, -0.05) is 32.0 Å². The van der Waals surface area contributed by atoms with Crippen molar-refractivity contribution in [3.05, 3.63) is 78.5 Å². The molecule has 2 amide bonds. The highest BCUT2D eigenvalue weighted by Gasteiger charge is 2.23. The normalized spacial score (nSPS) is 10.7. The van der Waals surface area contributed by atoms with Crippen LogP contribution >= 0.6 is 0 Å². The van der Waals surface area contributed by atoms with Gasteiger partial charge in [0, 0.05) is 29.3 Å². The predicted octanol–water partition coefficient (Wildman–Crippen LogP) is 6.26. The molecule has 37 heavy (non-hydrogen) atoms. The Kier molecular flexibility index (Phi) is 7.88. The van der Waals surface area contributed by atoms with Crippen LogP contribution in [-0.2, 0) is 4.79 Å². The summed E-state index contributed by atoms with van der Waals surface area (Å²) in [5.74, 6) is 1.39. The highest BCUT2D eigenvalue weighted by molar-refractivity contribution is 6.07. The molecule has 0 bridgehead atoms. The van der Waals surface area contributed by atoms with Gasteiger partial charge in [-0.15, -0.1) is 0 Å². The number of amides is 2. The maximum atomic E-state index is 13.4. The van der Waals surface area contributed by atoms with Crippen LogP contribution in [0.25, 0.3) is 22.8 Å². The van der Waals surface area contributed by atoms with Gasteiger partial charge in [0.1, 0.15) is 11.5 Å². The highest BCUT2D eigenvalue weighted by atomic mass is 16.5. The van der Waals surface area contributed by atoms with Gasteiger partial charge in [-0.25, -0.2) is 4.98 Å². The van der Waals surface area contributed by atoms with Crippen LogP contribution < -0.4 is 20.1 Å². The van der Waals surface area contributed by atoms with Gasteiger partial charge in [0.15, 0.2) is 11.5 Å². The van der Waals surface area contributed by atoms with Crippen LogP contribution in [0.3, 0.4) is 0 Å². The van der Waals surface area contributed by atoms with Crippen LogP contribution in [0.2, 0.25) is 0 Å². The summed E-state index contributed by atoms with van der Waals surface area (Å²) in [5.41, 5.74) is 2.58. The van der Waals surface area contributed by atoms with Gasteiger partial charge in [-0.3, -0.25) is 9.59 Å². The molecule has 0 radical (unpaired) electrons. The van der Waals surface area contributed by atoms with Crippen molar-refractivity contribution in [1.29, 1.82) is 0 Å². The number of rotatable bonds is 9. The largest absolute Gasteiger partial charge is 0.497 e. The minimum absolute atomic E-state index is 0.0546. The summed E-state index contributed by atoms with van der Waals surface area (Å²) >= 11 is 0. The molecule has 8 heteroatoms. The van der Waals surface area contributed by atoms with Gasteiger partial charge < -0.3 is 24.5 Å². The molecule has 8 nitrogen and oxygen atoms in total. The van der Waals surface area contributed by atoms with E-state index in [1.165, 1.54) is 7.11 Å². The zero-order valence-electron chi connectivity index (χ0n) is 21.2. The molecule has 0 spiro atoms. The third-order valence-electron chi connectivity index (χ3n) is 5.54. The number of oxazole rings is 1. The number of carbonyl (C=O) groups excluding carboxylic acids is 2. The van der Waals surface area contributed by atoms with E-state index < -0.39 is 5.91 Å². The first kappa shape index (κ1) is 25.5. The Labute approximate surface area is 215 Å². The van der Waals surface area contributed by atoms with E-state index in [1.807, 2.05) is 44.2 Å². The zero-order chi connectivity index (χ0) is 26.4. The summed E-state index contributed by atoms with van der Waals surface area (Å²) in [4.78, 5) is 30.1. The smallest absolute Gasteiger partial charge is 0.278 e. The fourth-order valence-electron chi connectivity index (χ4n) is 3.75. The lowest BCUT2D eigenvalue weighted by Gasteiger charge is -2.11. The summed E-state index contributed by atoms with van der Waals surface area (Å²) in [7, 11) is 3.07. The van der Waals surface area contributed by atoms with E-state index in [9.17, 15) is 9.59 Å². The van der Waals surface area contributed by atoms with Crippen LogP contribution in [0, 0.1) is 5.92 Å². The SMILES string of the molecule is COc1ccc(OC)c(NC(=O)c2nc(-c3ccccc3)oc2-c2ccc(NC(=O)CC(C)C)cc2)c1. The molecular weight excluding hydrogens is 470 g/mol. The van der Waals surface area contributed by atoms with Crippen LogP contribution in [0.4, 0.5) is 11.4 Å². The molecule has 190 valence electrons. The first-order valence-electron chi connectivity index (χ1n) is 11.9. The van der Waals surface area contributed by atoms with E-state index in [0.717, 1.165) is 5.56 Å². The van der Waals surface area contributed by atoms with Crippen molar-refractivity contribution in [1.82, 2.24) is 4.98 Å². The number of aromatic nitrogens is 1. The van der Waals surface area contributed by atoms with Crippen molar-refractivity contribution in [2.24, 2.45) is 5.92 Å². The summed E-state index contributed by atoms with van der Waals surface area (Å²) in [6, 6.07) is 21.6. The molecule has 1 heterocycles. The van der Waals surface area contributed by atoms with E-state index in [-0.39, 0.29) is 17.5 Å². The molecule has 0 saturated carbocycles. The summed E-state index contributed by atoms with van der Waals surface area (Å²) < 4.78 is 16.8. The lowest BCUT2D eigenvalue weighted by molar-refractivity contribution is -0.116. The average molecular weight is 500 g/mol. The topological polar surface area (TPSA) is 103 Å². The maximum absolute atomic E-state index is 13.4. The van der Waals surface area contributed by atoms with Gasteiger partial charge in [0.25, 0.3) is 5.91 Å². The zero-order valence-corrected chi connectivity index (χ0v) is 21.2. The molecule has 0 saturated heterocycles. The molecule has 4 aromatic rings. The first-order valence-corrected chi connectivity index (χ1v) is 11.9. The standard InChI is InChI=1S/C29H29N3O5/c1-18(2)16-25(33)30-21-12-10-19(11-13-21)27-26(32-29(37-27)20-8-6-5-7-9-20)28(34)31-23-17-22(35-3)14-15-24(23)36-4/h5-15,17-18H,16H2,1-4H3,(H,30,33)(H,31,34). The fourth-order valence-corrected chi connectivity index (χ4v) is 3.75. The maximum Gasteiger partial charge on any atom is 0.278 e. The second kappa shape index (κ2) is 11.4. The van der Waals surface area contributed by atoms with Crippen molar-refractivity contribution in [2.45, 2.75) is 20.3 Å². The Bertz CT molecular complexity index is 1380. The molecule has 1 aromatic heterocycles. The van der Waals surface area contributed by atoms with Crippen molar-refractivity contribution < 1.29 is 23.5 Å². The highest BCUT2D eigenvalue weighted by Crippen LogP contribution is 2.33. The molecule has 0 fully saturated rings. The van der Waals surface area contributed by atoms with Crippen molar-refractivity contribution >= 4 is 23.2 Å². The van der Waals surface area contributed by atoms with Gasteiger partial charge in [-0.2, -0.15) is 0 Å². The molecule has 0 aliphatic carbocycles. The van der Waals surface area contributed by atoms with Crippen LogP contribution in [0.1, 0.15) is 30.8 Å². The van der Waals surface area contributed by atoms with Crippen LogP contribution in [-0.4, -0.2) is 31.0 Å². The van der Waals surface area contributed by atoms with E-state index in [1.54, 1.807) is 49.6 Å². The fraction of sp³-hybridized carbons (Fsp3) is 0.207. The predicted molar refractivity (Wildman–Crippen MR) is 143 cm³/mol. The first-order chi connectivity index (χ1) is 17.9. The molecule has 3 aromatic carbocycles. The third kappa shape index (κ3) is 6.16. The van der Waals surface area contributed by atoms with E-state index in [4.69, 9.17) is 13.9 Å². The third-order valence-corrected chi connectivity index (χ3v) is 5.54. The Morgan fingerprint density at radius 3 is 2.27 bits per heavy atom. The number of nitrogens with one attached hydrogen (secondary N) is 2.